The third-order valence-electron chi connectivity index (χ3n) is 9.98. The van der Waals surface area contributed by atoms with Crippen molar-refractivity contribution in [2.24, 2.45) is 17.3 Å². The van der Waals surface area contributed by atoms with Gasteiger partial charge in [0.2, 0.25) is 0 Å². The molecule has 0 unspecified atom stereocenters. The van der Waals surface area contributed by atoms with E-state index in [1.807, 2.05) is 25.1 Å². The van der Waals surface area contributed by atoms with E-state index in [0.717, 1.165) is 47.3 Å². The van der Waals surface area contributed by atoms with Gasteiger partial charge < -0.3 is 9.84 Å². The lowest BCUT2D eigenvalue weighted by molar-refractivity contribution is -0.139. The van der Waals surface area contributed by atoms with Gasteiger partial charge in [0.1, 0.15) is 18.2 Å². The SMILES string of the molecule is Cc1ccc(F)c(-c2ccc(COc3ccc4c(c3)[C@]3(CC4)[C@H](C(=O)O)[C@@H]3C)cc2[C@@H]2CCCC2(C)C)c1. The predicted molar refractivity (Wildman–Crippen MR) is 148 cm³/mol. The minimum atomic E-state index is -0.691. The molecule has 2 saturated carbocycles. The smallest absolute Gasteiger partial charge is 0.307 e. The van der Waals surface area contributed by atoms with Crippen LogP contribution in [-0.4, -0.2) is 11.1 Å². The van der Waals surface area contributed by atoms with E-state index in [1.54, 1.807) is 6.07 Å². The summed E-state index contributed by atoms with van der Waals surface area (Å²) in [6, 6.07) is 17.9. The molecule has 0 aliphatic heterocycles. The monoisotopic (exact) mass is 512 g/mol. The van der Waals surface area contributed by atoms with E-state index in [9.17, 15) is 9.90 Å². The summed E-state index contributed by atoms with van der Waals surface area (Å²) in [7, 11) is 0. The standard InChI is InChI=1S/C34H37FO3/c1-20-7-12-30(35)27(16-20)25-11-8-22(17-26(25)28-6-5-14-33(28,3)4)19-38-24-10-9-23-13-15-34(29(23)18-24)21(2)31(34)32(36)37/h7-12,16-18,21,28,31H,5-6,13-15,19H2,1-4H3,(H,36,37)/t21-,28-,31-,34+/m0/s1. The molecule has 2 fully saturated rings. The maximum atomic E-state index is 15.0. The Kier molecular flexibility index (Phi) is 5.93. The highest BCUT2D eigenvalue weighted by Gasteiger charge is 2.68. The third kappa shape index (κ3) is 3.95. The first-order valence-corrected chi connectivity index (χ1v) is 14.0. The van der Waals surface area contributed by atoms with E-state index < -0.39 is 5.97 Å². The zero-order valence-electron chi connectivity index (χ0n) is 22.8. The second kappa shape index (κ2) is 8.97. The second-order valence-corrected chi connectivity index (χ2v) is 12.6. The topological polar surface area (TPSA) is 46.5 Å². The lowest BCUT2D eigenvalue weighted by atomic mass is 9.75. The van der Waals surface area contributed by atoms with Gasteiger partial charge in [-0.05, 0) is 102 Å². The number of carboxylic acids is 1. The number of benzene rings is 3. The summed E-state index contributed by atoms with van der Waals surface area (Å²) in [5.41, 5.74) is 7.32. The van der Waals surface area contributed by atoms with Gasteiger partial charge in [-0.15, -0.1) is 0 Å². The minimum absolute atomic E-state index is 0.156. The van der Waals surface area contributed by atoms with Crippen LogP contribution in [0.15, 0.2) is 54.6 Å². The fourth-order valence-corrected chi connectivity index (χ4v) is 7.78. The molecule has 38 heavy (non-hydrogen) atoms. The number of carboxylic acid groups (broad SMARTS) is 1. The van der Waals surface area contributed by atoms with Crippen LogP contribution in [0.25, 0.3) is 11.1 Å². The number of ether oxygens (including phenoxy) is 1. The molecule has 0 aromatic heterocycles. The molecule has 0 radical (unpaired) electrons. The summed E-state index contributed by atoms with van der Waals surface area (Å²) in [6.07, 6.45) is 5.29. The second-order valence-electron chi connectivity index (χ2n) is 12.6. The number of aliphatic carboxylic acids is 1. The highest BCUT2D eigenvalue weighted by Crippen LogP contribution is 2.66. The van der Waals surface area contributed by atoms with Crippen LogP contribution in [0.4, 0.5) is 4.39 Å². The number of halogens is 1. The van der Waals surface area contributed by atoms with Crippen molar-refractivity contribution in [2.45, 2.75) is 77.7 Å². The van der Waals surface area contributed by atoms with E-state index >= 15 is 4.39 Å². The maximum absolute atomic E-state index is 15.0. The molecular weight excluding hydrogens is 475 g/mol. The lowest BCUT2D eigenvalue weighted by Gasteiger charge is -2.30. The van der Waals surface area contributed by atoms with Crippen LogP contribution < -0.4 is 4.74 Å². The molecule has 198 valence electrons. The number of carbonyl (C=O) groups is 1. The van der Waals surface area contributed by atoms with Gasteiger partial charge in [0.15, 0.2) is 0 Å². The molecule has 6 rings (SSSR count). The van der Waals surface area contributed by atoms with Gasteiger partial charge in [-0.2, -0.15) is 0 Å². The average molecular weight is 513 g/mol. The summed E-state index contributed by atoms with van der Waals surface area (Å²) in [5, 5.41) is 9.73. The van der Waals surface area contributed by atoms with Gasteiger partial charge in [0.25, 0.3) is 0 Å². The number of hydrogen-bond acceptors (Lipinski definition) is 2. The van der Waals surface area contributed by atoms with Crippen LogP contribution in [0.1, 0.15) is 80.2 Å². The molecule has 3 nitrogen and oxygen atoms in total. The fourth-order valence-electron chi connectivity index (χ4n) is 7.78. The first-order valence-electron chi connectivity index (χ1n) is 14.0. The highest BCUT2D eigenvalue weighted by atomic mass is 19.1. The fraction of sp³-hybridized carbons (Fsp3) is 0.441. The van der Waals surface area contributed by atoms with Gasteiger partial charge in [-0.1, -0.05) is 63.1 Å². The number of fused-ring (bicyclic) bond motifs is 2. The Hall–Kier alpha value is -3.14. The molecule has 1 spiro atoms. The molecule has 3 aromatic carbocycles. The van der Waals surface area contributed by atoms with Crippen molar-refractivity contribution in [3.8, 4) is 16.9 Å². The number of aryl methyl sites for hydroxylation is 2. The van der Waals surface area contributed by atoms with E-state index in [2.05, 4.69) is 51.1 Å². The molecule has 0 bridgehead atoms. The summed E-state index contributed by atoms with van der Waals surface area (Å²) in [4.78, 5) is 11.8. The summed E-state index contributed by atoms with van der Waals surface area (Å²) in [6.45, 7) is 9.14. The summed E-state index contributed by atoms with van der Waals surface area (Å²) < 4.78 is 21.3. The van der Waals surface area contributed by atoms with Crippen LogP contribution in [0.2, 0.25) is 0 Å². The molecule has 3 aromatic rings. The average Bonchev–Trinajstić information content (AvgIpc) is 3.11. The molecule has 1 N–H and O–H groups in total. The Morgan fingerprint density at radius 3 is 2.58 bits per heavy atom. The number of hydrogen-bond donors (Lipinski definition) is 1. The first kappa shape index (κ1) is 25.2. The lowest BCUT2D eigenvalue weighted by Crippen LogP contribution is -2.17. The van der Waals surface area contributed by atoms with E-state index in [1.165, 1.54) is 24.0 Å². The minimum Gasteiger partial charge on any atom is -0.489 e. The van der Waals surface area contributed by atoms with Crippen molar-refractivity contribution in [1.82, 2.24) is 0 Å². The zero-order valence-corrected chi connectivity index (χ0v) is 22.8. The van der Waals surface area contributed by atoms with Gasteiger partial charge >= 0.3 is 5.97 Å². The molecule has 3 aliphatic rings. The van der Waals surface area contributed by atoms with Crippen molar-refractivity contribution in [1.29, 1.82) is 0 Å². The quantitative estimate of drug-likeness (QED) is 0.362. The Labute approximate surface area is 225 Å². The van der Waals surface area contributed by atoms with E-state index in [4.69, 9.17) is 4.74 Å². The van der Waals surface area contributed by atoms with Gasteiger partial charge in [-0.3, -0.25) is 4.79 Å². The van der Waals surface area contributed by atoms with E-state index in [-0.39, 0.29) is 28.5 Å². The molecule has 0 amide bonds. The maximum Gasteiger partial charge on any atom is 0.307 e. The molecule has 0 saturated heterocycles. The Balaban J connectivity index is 1.30. The largest absolute Gasteiger partial charge is 0.489 e. The van der Waals surface area contributed by atoms with Crippen molar-refractivity contribution in [2.75, 3.05) is 0 Å². The van der Waals surface area contributed by atoms with Crippen LogP contribution in [0.3, 0.4) is 0 Å². The Morgan fingerprint density at radius 2 is 1.87 bits per heavy atom. The Morgan fingerprint density at radius 1 is 1.05 bits per heavy atom. The van der Waals surface area contributed by atoms with Crippen molar-refractivity contribution < 1.29 is 19.0 Å². The molecule has 4 atom stereocenters. The third-order valence-corrected chi connectivity index (χ3v) is 9.98. The molecule has 3 aliphatic carbocycles. The van der Waals surface area contributed by atoms with E-state index in [0.29, 0.717) is 18.1 Å². The zero-order chi connectivity index (χ0) is 26.8. The van der Waals surface area contributed by atoms with Crippen molar-refractivity contribution in [3.05, 3.63) is 88.2 Å². The predicted octanol–water partition coefficient (Wildman–Crippen LogP) is 8.21. The molecule has 0 heterocycles. The molecule has 4 heteroatoms. The normalized spacial score (nSPS) is 26.9. The number of rotatable bonds is 6. The summed E-state index contributed by atoms with van der Waals surface area (Å²) in [5.74, 6) is 0.127. The highest BCUT2D eigenvalue weighted by molar-refractivity contribution is 5.79. The van der Waals surface area contributed by atoms with Crippen LogP contribution >= 0.6 is 0 Å². The van der Waals surface area contributed by atoms with Crippen LogP contribution in [0, 0.1) is 30.0 Å². The van der Waals surface area contributed by atoms with Crippen molar-refractivity contribution in [3.63, 3.8) is 0 Å². The molecular formula is C34H37FO3. The van der Waals surface area contributed by atoms with Crippen LogP contribution in [0.5, 0.6) is 5.75 Å². The van der Waals surface area contributed by atoms with Gasteiger partial charge in [0, 0.05) is 11.0 Å². The first-order chi connectivity index (χ1) is 18.1. The summed E-state index contributed by atoms with van der Waals surface area (Å²) >= 11 is 0. The van der Waals surface area contributed by atoms with Crippen LogP contribution in [-0.2, 0) is 23.2 Å². The van der Waals surface area contributed by atoms with Gasteiger partial charge in [0.05, 0.1) is 5.92 Å². The van der Waals surface area contributed by atoms with Gasteiger partial charge in [-0.25, -0.2) is 4.39 Å². The Bertz CT molecular complexity index is 1420. The van der Waals surface area contributed by atoms with Crippen molar-refractivity contribution >= 4 is 5.97 Å².